The molecule has 0 saturated carbocycles. The van der Waals surface area contributed by atoms with Crippen LogP contribution in [-0.4, -0.2) is 73.1 Å². The second-order valence-corrected chi connectivity index (χ2v) is 9.06. The molecule has 0 atom stereocenters. The molecule has 3 aromatic rings. The monoisotopic (exact) mass is 428 g/mol. The minimum atomic E-state index is -3.70. The van der Waals surface area contributed by atoms with Crippen LogP contribution in [0.5, 0.6) is 11.5 Å². The zero-order chi connectivity index (χ0) is 20.7. The Hall–Kier alpha value is -3.11. The van der Waals surface area contributed by atoms with Crippen molar-refractivity contribution in [2.45, 2.75) is 4.90 Å². The van der Waals surface area contributed by atoms with Crippen LogP contribution in [0.15, 0.2) is 47.4 Å². The van der Waals surface area contributed by atoms with Crippen LogP contribution in [0.25, 0.3) is 10.9 Å². The third-order valence-electron chi connectivity index (χ3n) is 5.35. The van der Waals surface area contributed by atoms with Crippen molar-refractivity contribution < 1.29 is 22.7 Å². The number of carbonyl (C=O) groups excluding carboxylic acids is 1. The lowest BCUT2D eigenvalue weighted by molar-refractivity contribution is 0.0694. The lowest BCUT2D eigenvalue weighted by Gasteiger charge is -2.33. The molecule has 1 aromatic heterocycles. The van der Waals surface area contributed by atoms with Gasteiger partial charge in [-0.15, -0.1) is 0 Å². The Morgan fingerprint density at radius 1 is 0.967 bits per heavy atom. The van der Waals surface area contributed by atoms with Gasteiger partial charge in [-0.25, -0.2) is 8.42 Å². The van der Waals surface area contributed by atoms with Gasteiger partial charge in [-0.3, -0.25) is 9.89 Å². The number of aromatic amines is 1. The van der Waals surface area contributed by atoms with Crippen molar-refractivity contribution in [3.63, 3.8) is 0 Å². The molecule has 2 aliphatic heterocycles. The molecule has 1 amide bonds. The zero-order valence-electron chi connectivity index (χ0n) is 16.1. The lowest BCUT2D eigenvalue weighted by Crippen LogP contribution is -2.50. The van der Waals surface area contributed by atoms with Gasteiger partial charge in [0.25, 0.3) is 5.91 Å². The highest BCUT2D eigenvalue weighted by atomic mass is 32.2. The van der Waals surface area contributed by atoms with Gasteiger partial charge >= 0.3 is 0 Å². The second-order valence-electron chi connectivity index (χ2n) is 7.12. The summed E-state index contributed by atoms with van der Waals surface area (Å²) in [5, 5.41) is 7.77. The lowest BCUT2D eigenvalue weighted by atomic mass is 10.2. The number of H-pyrrole nitrogens is 1. The fraction of sp³-hybridized carbons (Fsp3) is 0.300. The van der Waals surface area contributed by atoms with Crippen LogP contribution >= 0.6 is 0 Å². The van der Waals surface area contributed by atoms with E-state index < -0.39 is 10.0 Å². The number of nitrogens with one attached hydrogen (secondary N) is 1. The van der Waals surface area contributed by atoms with Gasteiger partial charge in [-0.05, 0) is 18.2 Å². The Kier molecular flexibility index (Phi) is 4.59. The van der Waals surface area contributed by atoms with E-state index in [2.05, 4.69) is 10.2 Å². The van der Waals surface area contributed by atoms with Crippen LogP contribution in [0.3, 0.4) is 0 Å². The van der Waals surface area contributed by atoms with Crippen molar-refractivity contribution in [3.05, 3.63) is 48.2 Å². The maximum atomic E-state index is 13.1. The number of hydrogen-bond acceptors (Lipinski definition) is 6. The quantitative estimate of drug-likeness (QED) is 0.678. The number of para-hydroxylation sites is 1. The first-order valence-electron chi connectivity index (χ1n) is 9.66. The topological polar surface area (TPSA) is 105 Å². The zero-order valence-corrected chi connectivity index (χ0v) is 16.9. The molecule has 1 fully saturated rings. The molecular formula is C20H20N4O5S. The van der Waals surface area contributed by atoms with Gasteiger partial charge in [-0.1, -0.05) is 18.2 Å². The van der Waals surface area contributed by atoms with Crippen LogP contribution < -0.4 is 9.47 Å². The summed E-state index contributed by atoms with van der Waals surface area (Å²) in [7, 11) is -3.70. The van der Waals surface area contributed by atoms with Crippen molar-refractivity contribution in [3.8, 4) is 11.5 Å². The number of benzene rings is 2. The van der Waals surface area contributed by atoms with Crippen molar-refractivity contribution in [1.29, 1.82) is 0 Å². The first kappa shape index (κ1) is 18.9. The van der Waals surface area contributed by atoms with E-state index in [1.165, 1.54) is 16.4 Å². The molecule has 3 heterocycles. The second kappa shape index (κ2) is 7.29. The summed E-state index contributed by atoms with van der Waals surface area (Å²) in [6.45, 7) is 1.85. The first-order valence-corrected chi connectivity index (χ1v) is 11.1. The number of carbonyl (C=O) groups is 1. The highest BCUT2D eigenvalue weighted by molar-refractivity contribution is 7.89. The van der Waals surface area contributed by atoms with Crippen LogP contribution in [-0.2, 0) is 10.0 Å². The van der Waals surface area contributed by atoms with E-state index in [1.54, 1.807) is 11.0 Å². The number of ether oxygens (including phenoxy) is 2. The summed E-state index contributed by atoms with van der Waals surface area (Å²) in [5.41, 5.74) is 1.15. The summed E-state index contributed by atoms with van der Waals surface area (Å²) in [4.78, 5) is 14.7. The Morgan fingerprint density at radius 3 is 2.50 bits per heavy atom. The molecule has 156 valence electrons. The molecule has 0 aliphatic carbocycles. The van der Waals surface area contributed by atoms with Gasteiger partial charge in [0.15, 0.2) is 17.2 Å². The molecule has 0 spiro atoms. The highest BCUT2D eigenvalue weighted by Gasteiger charge is 2.32. The largest absolute Gasteiger partial charge is 0.486 e. The number of rotatable bonds is 3. The molecule has 10 heteroatoms. The maximum Gasteiger partial charge on any atom is 0.275 e. The van der Waals surface area contributed by atoms with Crippen molar-refractivity contribution in [1.82, 2.24) is 19.4 Å². The SMILES string of the molecule is O=C(c1n[nH]c2ccccc12)N1CCN(S(=O)(=O)c2ccc3c(c2)OCCO3)CC1. The van der Waals surface area contributed by atoms with Crippen molar-refractivity contribution >= 4 is 26.8 Å². The highest BCUT2D eigenvalue weighted by Crippen LogP contribution is 2.33. The van der Waals surface area contributed by atoms with Crippen LogP contribution in [0.2, 0.25) is 0 Å². The fourth-order valence-electron chi connectivity index (χ4n) is 3.74. The molecule has 0 unspecified atom stereocenters. The van der Waals surface area contributed by atoms with E-state index in [1.807, 2.05) is 24.3 Å². The maximum absolute atomic E-state index is 13.1. The molecule has 1 saturated heterocycles. The van der Waals surface area contributed by atoms with E-state index in [4.69, 9.17) is 9.47 Å². The number of piperazine rings is 1. The standard InChI is InChI=1S/C20H20N4O5S/c25-20(19-15-3-1-2-4-16(15)21-22-19)23-7-9-24(10-8-23)30(26,27)14-5-6-17-18(13-14)29-12-11-28-17/h1-6,13H,7-12H2,(H,21,22). The molecule has 9 nitrogen and oxygen atoms in total. The minimum absolute atomic E-state index is 0.157. The summed E-state index contributed by atoms with van der Waals surface area (Å²) in [5.74, 6) is 0.771. The summed E-state index contributed by atoms with van der Waals surface area (Å²) >= 11 is 0. The molecule has 0 bridgehead atoms. The Bertz CT molecular complexity index is 1210. The molecule has 30 heavy (non-hydrogen) atoms. The van der Waals surface area contributed by atoms with Gasteiger partial charge in [0, 0.05) is 37.6 Å². The van der Waals surface area contributed by atoms with Gasteiger partial charge in [0.05, 0.1) is 10.4 Å². The Morgan fingerprint density at radius 2 is 1.70 bits per heavy atom. The van der Waals surface area contributed by atoms with E-state index in [-0.39, 0.29) is 23.9 Å². The molecule has 1 N–H and O–H groups in total. The Labute approximate surface area is 173 Å². The van der Waals surface area contributed by atoms with Crippen LogP contribution in [0.4, 0.5) is 0 Å². The number of hydrogen-bond donors (Lipinski definition) is 1. The van der Waals surface area contributed by atoms with E-state index >= 15 is 0 Å². The normalized spacial score (nSPS) is 17.3. The molecular weight excluding hydrogens is 408 g/mol. The first-order chi connectivity index (χ1) is 14.5. The number of amides is 1. The van der Waals surface area contributed by atoms with E-state index in [0.29, 0.717) is 43.5 Å². The third kappa shape index (κ3) is 3.17. The van der Waals surface area contributed by atoms with E-state index in [0.717, 1.165) is 10.9 Å². The summed E-state index contributed by atoms with van der Waals surface area (Å²) in [6.07, 6.45) is 0. The predicted octanol–water partition coefficient (Wildman–Crippen LogP) is 1.48. The third-order valence-corrected chi connectivity index (χ3v) is 7.24. The van der Waals surface area contributed by atoms with E-state index in [9.17, 15) is 13.2 Å². The van der Waals surface area contributed by atoms with Crippen molar-refractivity contribution in [2.75, 3.05) is 39.4 Å². The predicted molar refractivity (Wildman–Crippen MR) is 108 cm³/mol. The average molecular weight is 428 g/mol. The number of aromatic nitrogens is 2. The fourth-order valence-corrected chi connectivity index (χ4v) is 5.18. The number of fused-ring (bicyclic) bond motifs is 2. The van der Waals surface area contributed by atoms with Crippen molar-refractivity contribution in [2.24, 2.45) is 0 Å². The molecule has 2 aliphatic rings. The van der Waals surface area contributed by atoms with Gasteiger partial charge in [-0.2, -0.15) is 9.40 Å². The smallest absolute Gasteiger partial charge is 0.275 e. The average Bonchev–Trinajstić information content (AvgIpc) is 3.22. The van der Waals surface area contributed by atoms with Gasteiger partial charge < -0.3 is 14.4 Å². The summed E-state index contributed by atoms with van der Waals surface area (Å²) in [6, 6.07) is 12.1. The number of nitrogens with zero attached hydrogens (tertiary/aromatic N) is 3. The van der Waals surface area contributed by atoms with Crippen LogP contribution in [0, 0.1) is 0 Å². The minimum Gasteiger partial charge on any atom is -0.486 e. The summed E-state index contributed by atoms with van der Waals surface area (Å²) < 4.78 is 38.5. The number of sulfonamides is 1. The van der Waals surface area contributed by atoms with Gasteiger partial charge in [0.1, 0.15) is 13.2 Å². The van der Waals surface area contributed by atoms with Gasteiger partial charge in [0.2, 0.25) is 10.0 Å². The van der Waals surface area contributed by atoms with Crippen LogP contribution in [0.1, 0.15) is 10.5 Å². The molecule has 0 radical (unpaired) electrons. The molecule has 5 rings (SSSR count). The molecule has 2 aromatic carbocycles. The Balaban J connectivity index is 1.31.